The minimum Gasteiger partial charge on any atom is -0.355 e. The number of thiophene rings is 1. The summed E-state index contributed by atoms with van der Waals surface area (Å²) in [5.41, 5.74) is 0.887. The van der Waals surface area contributed by atoms with Gasteiger partial charge in [-0.15, -0.1) is 21.5 Å². The van der Waals surface area contributed by atoms with Crippen molar-refractivity contribution in [2.75, 3.05) is 6.54 Å². The van der Waals surface area contributed by atoms with E-state index in [1.54, 1.807) is 11.3 Å². The fraction of sp³-hybridized carbons (Fsp3) is 0.409. The summed E-state index contributed by atoms with van der Waals surface area (Å²) in [4.78, 5) is 13.9. The lowest BCUT2D eigenvalue weighted by Crippen LogP contribution is -2.32. The van der Waals surface area contributed by atoms with Gasteiger partial charge in [0.25, 0.3) is 0 Å². The summed E-state index contributed by atoms with van der Waals surface area (Å²) in [6.45, 7) is 2.57. The van der Waals surface area contributed by atoms with E-state index in [0.29, 0.717) is 17.6 Å². The Labute approximate surface area is 190 Å². The topological polar surface area (TPSA) is 59.8 Å². The molecule has 0 radical (unpaired) electrons. The van der Waals surface area contributed by atoms with Gasteiger partial charge in [-0.25, -0.2) is 0 Å². The van der Waals surface area contributed by atoms with Gasteiger partial charge in [-0.2, -0.15) is 0 Å². The van der Waals surface area contributed by atoms with Crippen molar-refractivity contribution in [2.45, 2.75) is 55.5 Å². The number of hydrogen-bond donors (Lipinski definition) is 1. The Morgan fingerprint density at radius 3 is 2.80 bits per heavy atom. The molecule has 0 bridgehead atoms. The first-order valence-electron chi connectivity index (χ1n) is 10.3. The molecule has 8 heteroatoms. The highest BCUT2D eigenvalue weighted by molar-refractivity contribution is 8.00. The molecule has 0 aliphatic heterocycles. The summed E-state index contributed by atoms with van der Waals surface area (Å²) in [7, 11) is 0. The molecule has 0 spiro atoms. The van der Waals surface area contributed by atoms with Gasteiger partial charge in [-0.05, 0) is 49.8 Å². The van der Waals surface area contributed by atoms with Gasteiger partial charge in [-0.1, -0.05) is 54.4 Å². The fourth-order valence-corrected chi connectivity index (χ4v) is 5.67. The monoisotopic (exact) mass is 460 g/mol. The molecule has 0 saturated heterocycles. The zero-order valence-electron chi connectivity index (χ0n) is 16.9. The Kier molecular flexibility index (Phi) is 7.12. The first-order valence-corrected chi connectivity index (χ1v) is 12.4. The maximum Gasteiger partial charge on any atom is 0.233 e. The van der Waals surface area contributed by atoms with E-state index in [-0.39, 0.29) is 11.2 Å². The number of rotatable bonds is 8. The molecule has 1 aliphatic carbocycles. The van der Waals surface area contributed by atoms with Crippen molar-refractivity contribution in [3.8, 4) is 11.4 Å². The van der Waals surface area contributed by atoms with Crippen LogP contribution in [0.15, 0.2) is 46.9 Å². The third-order valence-electron chi connectivity index (χ3n) is 5.37. The smallest absolute Gasteiger partial charge is 0.233 e. The first kappa shape index (κ1) is 21.4. The Morgan fingerprint density at radius 1 is 1.27 bits per heavy atom. The minimum atomic E-state index is -0.253. The number of carbonyl (C=O) groups is 1. The predicted octanol–water partition coefficient (Wildman–Crippen LogP) is 5.61. The average molecular weight is 461 g/mol. The lowest BCUT2D eigenvalue weighted by atomic mass is 10.2. The molecule has 4 rings (SSSR count). The molecule has 1 fully saturated rings. The van der Waals surface area contributed by atoms with E-state index in [4.69, 9.17) is 11.6 Å². The second kappa shape index (κ2) is 9.98. The molecular weight excluding hydrogens is 436 g/mol. The van der Waals surface area contributed by atoms with Gasteiger partial charge in [0.15, 0.2) is 11.0 Å². The SMILES string of the molecule is CC(Sc1nnc(-c2ccccc2Cl)n1C1CCCC1)C(=O)NCCc1cccs1. The van der Waals surface area contributed by atoms with Gasteiger partial charge in [0.05, 0.1) is 10.3 Å². The molecule has 1 saturated carbocycles. The van der Waals surface area contributed by atoms with Crippen LogP contribution >= 0.6 is 34.7 Å². The van der Waals surface area contributed by atoms with E-state index >= 15 is 0 Å². The van der Waals surface area contributed by atoms with Crippen LogP contribution in [0.1, 0.15) is 43.5 Å². The maximum atomic E-state index is 12.6. The van der Waals surface area contributed by atoms with Gasteiger partial charge in [-0.3, -0.25) is 9.36 Å². The zero-order chi connectivity index (χ0) is 20.9. The molecule has 1 N–H and O–H groups in total. The summed E-state index contributed by atoms with van der Waals surface area (Å²) < 4.78 is 2.20. The van der Waals surface area contributed by atoms with Crippen LogP contribution in [0.5, 0.6) is 0 Å². The van der Waals surface area contributed by atoms with Crippen LogP contribution in [-0.2, 0) is 11.2 Å². The standard InChI is InChI=1S/C22H25ClN4OS2/c1-15(21(28)24-13-12-17-9-6-14-29-17)30-22-26-25-20(18-10-4-5-11-19(18)23)27(22)16-7-2-3-8-16/h4-6,9-11,14-16H,2-3,7-8,12-13H2,1H3,(H,24,28). The van der Waals surface area contributed by atoms with E-state index in [9.17, 15) is 4.79 Å². The van der Waals surface area contributed by atoms with Gasteiger partial charge < -0.3 is 5.32 Å². The van der Waals surface area contributed by atoms with Crippen molar-refractivity contribution in [3.05, 3.63) is 51.7 Å². The Morgan fingerprint density at radius 2 is 2.07 bits per heavy atom. The van der Waals surface area contributed by atoms with Crippen LogP contribution in [0, 0.1) is 0 Å². The fourth-order valence-electron chi connectivity index (χ4n) is 3.79. The molecule has 1 unspecified atom stereocenters. The number of benzene rings is 1. The third kappa shape index (κ3) is 4.90. The summed E-state index contributed by atoms with van der Waals surface area (Å²) in [5, 5.41) is 15.2. The van der Waals surface area contributed by atoms with Gasteiger partial charge in [0.2, 0.25) is 5.91 Å². The molecule has 1 aliphatic rings. The quantitative estimate of drug-likeness (QED) is 0.443. The minimum absolute atomic E-state index is 0.0248. The molecule has 1 amide bonds. The molecule has 1 aromatic carbocycles. The van der Waals surface area contributed by atoms with Crippen molar-refractivity contribution >= 4 is 40.6 Å². The predicted molar refractivity (Wildman–Crippen MR) is 124 cm³/mol. The largest absolute Gasteiger partial charge is 0.355 e. The molecule has 158 valence electrons. The second-order valence-electron chi connectivity index (χ2n) is 7.47. The number of hydrogen-bond acceptors (Lipinski definition) is 5. The van der Waals surface area contributed by atoms with Crippen LogP contribution in [0.25, 0.3) is 11.4 Å². The van der Waals surface area contributed by atoms with Gasteiger partial charge in [0.1, 0.15) is 0 Å². The van der Waals surface area contributed by atoms with Crippen molar-refractivity contribution in [3.63, 3.8) is 0 Å². The Hall–Kier alpha value is -1.83. The highest BCUT2D eigenvalue weighted by Gasteiger charge is 2.27. The van der Waals surface area contributed by atoms with E-state index in [0.717, 1.165) is 35.8 Å². The van der Waals surface area contributed by atoms with Crippen molar-refractivity contribution in [1.82, 2.24) is 20.1 Å². The lowest BCUT2D eigenvalue weighted by Gasteiger charge is -2.19. The Bertz CT molecular complexity index is 983. The van der Waals surface area contributed by atoms with Crippen LogP contribution in [-0.4, -0.2) is 32.5 Å². The number of amides is 1. The molecule has 2 aromatic heterocycles. The van der Waals surface area contributed by atoms with Crippen LogP contribution in [0.3, 0.4) is 0 Å². The average Bonchev–Trinajstić information content (AvgIpc) is 3.50. The highest BCUT2D eigenvalue weighted by atomic mass is 35.5. The number of halogens is 1. The number of carbonyl (C=O) groups excluding carboxylic acids is 1. The summed E-state index contributed by atoms with van der Waals surface area (Å²) in [6, 6.07) is 12.2. The number of aromatic nitrogens is 3. The maximum absolute atomic E-state index is 12.6. The third-order valence-corrected chi connectivity index (χ3v) is 7.69. The highest BCUT2D eigenvalue weighted by Crippen LogP contribution is 2.38. The van der Waals surface area contributed by atoms with E-state index < -0.39 is 0 Å². The summed E-state index contributed by atoms with van der Waals surface area (Å²) in [6.07, 6.45) is 5.46. The van der Waals surface area contributed by atoms with Gasteiger partial charge >= 0.3 is 0 Å². The molecule has 5 nitrogen and oxygen atoms in total. The number of thioether (sulfide) groups is 1. The Balaban J connectivity index is 1.49. The van der Waals surface area contributed by atoms with Crippen LogP contribution in [0.4, 0.5) is 0 Å². The molecular formula is C22H25ClN4OS2. The second-order valence-corrected chi connectivity index (χ2v) is 10.2. The normalized spacial score (nSPS) is 15.4. The zero-order valence-corrected chi connectivity index (χ0v) is 19.3. The van der Waals surface area contributed by atoms with Crippen molar-refractivity contribution in [2.24, 2.45) is 0 Å². The summed E-state index contributed by atoms with van der Waals surface area (Å²) >= 11 is 9.64. The molecule has 1 atom stereocenters. The number of nitrogens with one attached hydrogen (secondary N) is 1. The number of nitrogens with zero attached hydrogens (tertiary/aromatic N) is 3. The van der Waals surface area contributed by atoms with Crippen LogP contribution in [0.2, 0.25) is 5.02 Å². The van der Waals surface area contributed by atoms with E-state index in [2.05, 4.69) is 31.5 Å². The van der Waals surface area contributed by atoms with Crippen molar-refractivity contribution in [1.29, 1.82) is 0 Å². The van der Waals surface area contributed by atoms with E-state index in [1.165, 1.54) is 29.5 Å². The van der Waals surface area contributed by atoms with E-state index in [1.807, 2.05) is 37.3 Å². The van der Waals surface area contributed by atoms with Gasteiger partial charge in [0, 0.05) is 23.0 Å². The molecule has 2 heterocycles. The first-order chi connectivity index (χ1) is 14.6. The molecule has 30 heavy (non-hydrogen) atoms. The van der Waals surface area contributed by atoms with Crippen molar-refractivity contribution < 1.29 is 4.79 Å². The lowest BCUT2D eigenvalue weighted by molar-refractivity contribution is -0.120. The molecule has 3 aromatic rings. The van der Waals surface area contributed by atoms with Crippen LogP contribution < -0.4 is 5.32 Å². The summed E-state index contributed by atoms with van der Waals surface area (Å²) in [5.74, 6) is 0.817.